The van der Waals surface area contributed by atoms with Crippen LogP contribution in [0, 0.1) is 6.92 Å². The van der Waals surface area contributed by atoms with Gasteiger partial charge in [-0.25, -0.2) is 14.6 Å². The lowest BCUT2D eigenvalue weighted by atomic mass is 10.1. The van der Waals surface area contributed by atoms with Crippen molar-refractivity contribution in [2.45, 2.75) is 32.2 Å². The zero-order chi connectivity index (χ0) is 23.7. The van der Waals surface area contributed by atoms with Crippen molar-refractivity contribution in [2.75, 3.05) is 14.2 Å². The van der Waals surface area contributed by atoms with Gasteiger partial charge in [-0.05, 0) is 44.0 Å². The summed E-state index contributed by atoms with van der Waals surface area (Å²) in [6, 6.07) is 9.11. The van der Waals surface area contributed by atoms with Crippen molar-refractivity contribution in [2.24, 2.45) is 0 Å². The standard InChI is InChI=1S/C24H24N6O4/c1-14-10-17(34-29-14)12-26-23(31)19-13-27-30(22(19)15-4-5-15)24-25-9-8-20(28-24)18-11-16(32-2)6-7-21(18)33-3/h6-11,13,15H,4-5,12H2,1-3H3,(H,26,31). The molecule has 10 nitrogen and oxygen atoms in total. The number of hydrogen-bond acceptors (Lipinski definition) is 8. The molecule has 1 saturated carbocycles. The molecular weight excluding hydrogens is 436 g/mol. The number of nitrogens with zero attached hydrogens (tertiary/aromatic N) is 5. The van der Waals surface area contributed by atoms with E-state index in [2.05, 4.69) is 20.6 Å². The van der Waals surface area contributed by atoms with Crippen LogP contribution in [-0.2, 0) is 6.54 Å². The van der Waals surface area contributed by atoms with Gasteiger partial charge in [0.25, 0.3) is 11.9 Å². The molecule has 174 valence electrons. The lowest BCUT2D eigenvalue weighted by Gasteiger charge is -2.12. The van der Waals surface area contributed by atoms with Gasteiger partial charge in [0.05, 0.1) is 49.6 Å². The smallest absolute Gasteiger partial charge is 0.255 e. The Labute approximate surface area is 195 Å². The molecule has 0 atom stereocenters. The molecule has 4 aromatic rings. The van der Waals surface area contributed by atoms with Crippen molar-refractivity contribution in [3.05, 3.63) is 65.4 Å². The molecule has 34 heavy (non-hydrogen) atoms. The van der Waals surface area contributed by atoms with E-state index in [9.17, 15) is 4.79 Å². The van der Waals surface area contributed by atoms with Crippen LogP contribution in [0.4, 0.5) is 0 Å². The SMILES string of the molecule is COc1ccc(OC)c(-c2ccnc(-n3ncc(C(=O)NCc4cc(C)no4)c3C3CC3)n2)c1. The molecule has 0 aliphatic heterocycles. The van der Waals surface area contributed by atoms with E-state index in [1.54, 1.807) is 43.4 Å². The van der Waals surface area contributed by atoms with E-state index in [-0.39, 0.29) is 18.4 Å². The number of amides is 1. The van der Waals surface area contributed by atoms with Gasteiger partial charge in [0, 0.05) is 23.7 Å². The zero-order valence-electron chi connectivity index (χ0n) is 19.1. The number of benzene rings is 1. The van der Waals surface area contributed by atoms with Crippen LogP contribution in [0.3, 0.4) is 0 Å². The molecule has 0 radical (unpaired) electrons. The molecule has 1 amide bonds. The first-order chi connectivity index (χ1) is 16.6. The fourth-order valence-electron chi connectivity index (χ4n) is 3.82. The topological polar surface area (TPSA) is 117 Å². The molecule has 3 aromatic heterocycles. The number of ether oxygens (including phenoxy) is 2. The summed E-state index contributed by atoms with van der Waals surface area (Å²) < 4.78 is 17.7. The van der Waals surface area contributed by atoms with E-state index in [4.69, 9.17) is 19.0 Å². The van der Waals surface area contributed by atoms with Crippen molar-refractivity contribution in [3.63, 3.8) is 0 Å². The normalized spacial score (nSPS) is 13.0. The fourth-order valence-corrected chi connectivity index (χ4v) is 3.82. The van der Waals surface area contributed by atoms with Crippen LogP contribution >= 0.6 is 0 Å². The number of nitrogens with one attached hydrogen (secondary N) is 1. The summed E-state index contributed by atoms with van der Waals surface area (Å²) in [4.78, 5) is 22.1. The Morgan fingerprint density at radius 3 is 2.76 bits per heavy atom. The molecule has 10 heteroatoms. The fraction of sp³-hybridized carbons (Fsp3) is 0.292. The van der Waals surface area contributed by atoms with Gasteiger partial charge in [-0.1, -0.05) is 5.16 Å². The van der Waals surface area contributed by atoms with Crippen molar-refractivity contribution in [1.29, 1.82) is 0 Å². The third-order valence-corrected chi connectivity index (χ3v) is 5.63. The molecular formula is C24H24N6O4. The number of methoxy groups -OCH3 is 2. The van der Waals surface area contributed by atoms with Crippen LogP contribution in [0.5, 0.6) is 11.5 Å². The number of rotatable bonds is 8. The molecule has 1 aromatic carbocycles. The highest BCUT2D eigenvalue weighted by Gasteiger charge is 2.33. The quantitative estimate of drug-likeness (QED) is 0.425. The maximum Gasteiger partial charge on any atom is 0.255 e. The van der Waals surface area contributed by atoms with Crippen molar-refractivity contribution >= 4 is 5.91 Å². The summed E-state index contributed by atoms with van der Waals surface area (Å²) in [5, 5.41) is 11.2. The summed E-state index contributed by atoms with van der Waals surface area (Å²) in [7, 11) is 3.22. The third kappa shape index (κ3) is 4.21. The molecule has 3 heterocycles. The monoisotopic (exact) mass is 460 g/mol. The second kappa shape index (κ2) is 8.97. The van der Waals surface area contributed by atoms with Gasteiger partial charge >= 0.3 is 0 Å². The summed E-state index contributed by atoms with van der Waals surface area (Å²) >= 11 is 0. The molecule has 1 aliphatic rings. The molecule has 5 rings (SSSR count). The molecule has 1 N–H and O–H groups in total. The minimum Gasteiger partial charge on any atom is -0.497 e. The average Bonchev–Trinajstić information content (AvgIpc) is 3.47. The molecule has 0 bridgehead atoms. The summed E-state index contributed by atoms with van der Waals surface area (Å²) in [5.41, 5.74) is 3.50. The number of hydrogen-bond donors (Lipinski definition) is 1. The van der Waals surface area contributed by atoms with E-state index >= 15 is 0 Å². The van der Waals surface area contributed by atoms with Crippen LogP contribution in [0.25, 0.3) is 17.2 Å². The Bertz CT molecular complexity index is 1340. The number of carbonyl (C=O) groups excluding carboxylic acids is 1. The van der Waals surface area contributed by atoms with E-state index in [0.717, 1.165) is 29.8 Å². The van der Waals surface area contributed by atoms with Gasteiger partial charge < -0.3 is 19.3 Å². The van der Waals surface area contributed by atoms with E-state index < -0.39 is 0 Å². The van der Waals surface area contributed by atoms with Crippen LogP contribution in [0.2, 0.25) is 0 Å². The summed E-state index contributed by atoms with van der Waals surface area (Å²) in [6.07, 6.45) is 5.20. The van der Waals surface area contributed by atoms with Crippen LogP contribution < -0.4 is 14.8 Å². The van der Waals surface area contributed by atoms with E-state index in [1.807, 2.05) is 25.1 Å². The van der Waals surface area contributed by atoms with Gasteiger partial charge in [0.1, 0.15) is 11.5 Å². The minimum atomic E-state index is -0.229. The third-order valence-electron chi connectivity index (χ3n) is 5.63. The first kappa shape index (κ1) is 21.6. The van der Waals surface area contributed by atoms with Crippen molar-refractivity contribution in [1.82, 2.24) is 30.2 Å². The molecule has 0 unspecified atom stereocenters. The maximum atomic E-state index is 13.0. The Kier molecular flexibility index (Phi) is 5.70. The molecule has 1 aliphatic carbocycles. The Hall–Kier alpha value is -4.21. The number of carbonyl (C=O) groups is 1. The number of aromatic nitrogens is 5. The first-order valence-corrected chi connectivity index (χ1v) is 10.9. The first-order valence-electron chi connectivity index (χ1n) is 10.9. The van der Waals surface area contributed by atoms with E-state index in [0.29, 0.717) is 34.5 Å². The van der Waals surface area contributed by atoms with Gasteiger partial charge in [0.2, 0.25) is 0 Å². The second-order valence-corrected chi connectivity index (χ2v) is 8.05. The summed E-state index contributed by atoms with van der Waals surface area (Å²) in [6.45, 7) is 2.08. The Morgan fingerprint density at radius 1 is 1.21 bits per heavy atom. The predicted molar refractivity (Wildman–Crippen MR) is 122 cm³/mol. The number of aryl methyl sites for hydroxylation is 1. The minimum absolute atomic E-state index is 0.229. The Balaban J connectivity index is 1.47. The van der Waals surface area contributed by atoms with Crippen molar-refractivity contribution < 1.29 is 18.8 Å². The van der Waals surface area contributed by atoms with E-state index in [1.165, 1.54) is 0 Å². The predicted octanol–water partition coefficient (Wildman–Crippen LogP) is 3.45. The second-order valence-electron chi connectivity index (χ2n) is 8.05. The molecule has 0 saturated heterocycles. The summed E-state index contributed by atoms with van der Waals surface area (Å²) in [5.74, 6) is 2.33. The maximum absolute atomic E-state index is 13.0. The van der Waals surface area contributed by atoms with Gasteiger partial charge in [0.15, 0.2) is 5.76 Å². The average molecular weight is 460 g/mol. The van der Waals surface area contributed by atoms with Crippen LogP contribution in [-0.4, -0.2) is 45.0 Å². The van der Waals surface area contributed by atoms with Gasteiger partial charge in [-0.2, -0.15) is 5.10 Å². The highest BCUT2D eigenvalue weighted by molar-refractivity contribution is 5.95. The van der Waals surface area contributed by atoms with Gasteiger partial charge in [-0.15, -0.1) is 0 Å². The largest absolute Gasteiger partial charge is 0.497 e. The highest BCUT2D eigenvalue weighted by Crippen LogP contribution is 2.42. The lowest BCUT2D eigenvalue weighted by molar-refractivity contribution is 0.0946. The lowest BCUT2D eigenvalue weighted by Crippen LogP contribution is -2.23. The van der Waals surface area contributed by atoms with Crippen molar-refractivity contribution in [3.8, 4) is 28.7 Å². The zero-order valence-corrected chi connectivity index (χ0v) is 19.1. The van der Waals surface area contributed by atoms with Gasteiger partial charge in [-0.3, -0.25) is 4.79 Å². The molecule has 1 fully saturated rings. The molecule has 0 spiro atoms. The highest BCUT2D eigenvalue weighted by atomic mass is 16.5. The Morgan fingerprint density at radius 2 is 2.06 bits per heavy atom. The van der Waals surface area contributed by atoms with Crippen LogP contribution in [0.1, 0.15) is 46.3 Å². The van der Waals surface area contributed by atoms with Crippen LogP contribution in [0.15, 0.2) is 47.2 Å².